The van der Waals surface area contributed by atoms with Crippen molar-refractivity contribution < 1.29 is 13.9 Å². The molecular formula is C17H18FNO2. The third-order valence-electron chi connectivity index (χ3n) is 3.92. The highest BCUT2D eigenvalue weighted by molar-refractivity contribution is 5.44. The average molecular weight is 287 g/mol. The molecule has 3 nitrogen and oxygen atoms in total. The van der Waals surface area contributed by atoms with Crippen molar-refractivity contribution in [2.75, 3.05) is 7.11 Å². The van der Waals surface area contributed by atoms with E-state index in [1.54, 1.807) is 20.1 Å². The second-order valence-corrected chi connectivity index (χ2v) is 5.36. The SMILES string of the molecule is COc1ccc2c(c1)C(N)CC(c1ccc(C)c(F)c1)O2. The molecule has 2 atom stereocenters. The van der Waals surface area contributed by atoms with Crippen molar-refractivity contribution in [1.29, 1.82) is 0 Å². The molecule has 0 spiro atoms. The summed E-state index contributed by atoms with van der Waals surface area (Å²) in [6.07, 6.45) is 0.388. The van der Waals surface area contributed by atoms with Gasteiger partial charge in [-0.2, -0.15) is 0 Å². The molecule has 0 saturated carbocycles. The van der Waals surface area contributed by atoms with E-state index in [0.29, 0.717) is 12.0 Å². The third kappa shape index (κ3) is 2.59. The first kappa shape index (κ1) is 13.9. The monoisotopic (exact) mass is 287 g/mol. The lowest BCUT2D eigenvalue weighted by atomic mass is 9.93. The van der Waals surface area contributed by atoms with E-state index in [4.69, 9.17) is 15.2 Å². The van der Waals surface area contributed by atoms with Gasteiger partial charge in [-0.1, -0.05) is 12.1 Å². The number of hydrogen-bond acceptors (Lipinski definition) is 3. The number of benzene rings is 2. The normalized spacial score (nSPS) is 20.6. The van der Waals surface area contributed by atoms with Gasteiger partial charge in [-0.15, -0.1) is 0 Å². The molecular weight excluding hydrogens is 269 g/mol. The molecule has 0 fully saturated rings. The van der Waals surface area contributed by atoms with Crippen molar-refractivity contribution in [1.82, 2.24) is 0 Å². The van der Waals surface area contributed by atoms with Crippen LogP contribution in [-0.4, -0.2) is 7.11 Å². The second kappa shape index (κ2) is 5.37. The lowest BCUT2D eigenvalue weighted by Gasteiger charge is -2.31. The average Bonchev–Trinajstić information content (AvgIpc) is 2.49. The van der Waals surface area contributed by atoms with Gasteiger partial charge in [0, 0.05) is 18.0 Å². The van der Waals surface area contributed by atoms with Crippen molar-refractivity contribution >= 4 is 0 Å². The number of ether oxygens (including phenoxy) is 2. The molecule has 1 aliphatic heterocycles. The van der Waals surface area contributed by atoms with Gasteiger partial charge in [0.25, 0.3) is 0 Å². The summed E-state index contributed by atoms with van der Waals surface area (Å²) in [4.78, 5) is 0. The van der Waals surface area contributed by atoms with Crippen LogP contribution in [0.15, 0.2) is 36.4 Å². The number of nitrogens with two attached hydrogens (primary N) is 1. The van der Waals surface area contributed by atoms with Crippen molar-refractivity contribution in [2.24, 2.45) is 5.73 Å². The van der Waals surface area contributed by atoms with Crippen LogP contribution in [0.1, 0.15) is 35.3 Å². The molecule has 0 radical (unpaired) electrons. The van der Waals surface area contributed by atoms with E-state index < -0.39 is 0 Å². The quantitative estimate of drug-likeness (QED) is 0.916. The molecule has 0 saturated heterocycles. The molecule has 1 aliphatic rings. The van der Waals surface area contributed by atoms with E-state index in [1.165, 1.54) is 6.07 Å². The smallest absolute Gasteiger partial charge is 0.126 e. The molecule has 2 aromatic rings. The van der Waals surface area contributed by atoms with Gasteiger partial charge in [0.05, 0.1) is 7.11 Å². The van der Waals surface area contributed by atoms with E-state index in [9.17, 15) is 4.39 Å². The predicted molar refractivity (Wildman–Crippen MR) is 79.0 cm³/mol. The summed E-state index contributed by atoms with van der Waals surface area (Å²) in [6, 6.07) is 10.6. The van der Waals surface area contributed by atoms with E-state index in [1.807, 2.05) is 24.3 Å². The Labute approximate surface area is 123 Å². The maximum atomic E-state index is 13.7. The van der Waals surface area contributed by atoms with Crippen LogP contribution in [0.25, 0.3) is 0 Å². The molecule has 0 bridgehead atoms. The van der Waals surface area contributed by atoms with Gasteiger partial charge in [-0.25, -0.2) is 4.39 Å². The minimum Gasteiger partial charge on any atom is -0.497 e. The Balaban J connectivity index is 1.92. The van der Waals surface area contributed by atoms with Gasteiger partial charge >= 0.3 is 0 Å². The van der Waals surface area contributed by atoms with Crippen LogP contribution >= 0.6 is 0 Å². The molecule has 21 heavy (non-hydrogen) atoms. The van der Waals surface area contributed by atoms with Crippen LogP contribution < -0.4 is 15.2 Å². The summed E-state index contributed by atoms with van der Waals surface area (Å²) < 4.78 is 24.9. The van der Waals surface area contributed by atoms with Gasteiger partial charge in [-0.3, -0.25) is 0 Å². The molecule has 1 heterocycles. The van der Waals surface area contributed by atoms with Crippen LogP contribution in [0.3, 0.4) is 0 Å². The Morgan fingerprint density at radius 1 is 1.24 bits per heavy atom. The zero-order chi connectivity index (χ0) is 15.0. The number of rotatable bonds is 2. The lowest BCUT2D eigenvalue weighted by Crippen LogP contribution is -2.24. The zero-order valence-corrected chi connectivity index (χ0v) is 12.1. The molecule has 0 aliphatic carbocycles. The highest BCUT2D eigenvalue weighted by Gasteiger charge is 2.27. The van der Waals surface area contributed by atoms with E-state index >= 15 is 0 Å². The van der Waals surface area contributed by atoms with Crippen molar-refractivity contribution in [3.8, 4) is 11.5 Å². The van der Waals surface area contributed by atoms with Crippen molar-refractivity contribution in [2.45, 2.75) is 25.5 Å². The highest BCUT2D eigenvalue weighted by Crippen LogP contribution is 2.41. The number of fused-ring (bicyclic) bond motifs is 1. The van der Waals surface area contributed by atoms with Crippen LogP contribution in [0, 0.1) is 12.7 Å². The maximum Gasteiger partial charge on any atom is 0.126 e. The van der Waals surface area contributed by atoms with Crippen LogP contribution in [0.2, 0.25) is 0 Å². The first-order chi connectivity index (χ1) is 10.1. The van der Waals surface area contributed by atoms with Gasteiger partial charge in [0.2, 0.25) is 0 Å². The molecule has 110 valence electrons. The standard InChI is InChI=1S/C17H18FNO2/c1-10-3-4-11(7-14(10)18)17-9-15(19)13-8-12(20-2)5-6-16(13)21-17/h3-8,15,17H,9,19H2,1-2H3. The maximum absolute atomic E-state index is 13.7. The van der Waals surface area contributed by atoms with E-state index in [2.05, 4.69) is 0 Å². The number of halogens is 1. The number of hydrogen-bond donors (Lipinski definition) is 1. The summed E-state index contributed by atoms with van der Waals surface area (Å²) in [7, 11) is 1.62. The fourth-order valence-corrected chi connectivity index (χ4v) is 2.62. The number of methoxy groups -OCH3 is 1. The fraction of sp³-hybridized carbons (Fsp3) is 0.294. The predicted octanol–water partition coefficient (Wildman–Crippen LogP) is 3.67. The summed E-state index contributed by atoms with van der Waals surface area (Å²) in [6.45, 7) is 1.74. The number of aryl methyl sites for hydroxylation is 1. The van der Waals surface area contributed by atoms with Gasteiger partial charge in [0.1, 0.15) is 23.4 Å². The van der Waals surface area contributed by atoms with Crippen molar-refractivity contribution in [3.05, 3.63) is 58.9 Å². The third-order valence-corrected chi connectivity index (χ3v) is 3.92. The molecule has 0 aromatic heterocycles. The van der Waals surface area contributed by atoms with Crippen LogP contribution in [0.4, 0.5) is 4.39 Å². The molecule has 2 aromatic carbocycles. The Hall–Kier alpha value is -2.07. The molecule has 0 amide bonds. The van der Waals surface area contributed by atoms with Crippen LogP contribution in [0.5, 0.6) is 11.5 Å². The second-order valence-electron chi connectivity index (χ2n) is 5.36. The van der Waals surface area contributed by atoms with Gasteiger partial charge < -0.3 is 15.2 Å². The van der Waals surface area contributed by atoms with Crippen LogP contribution in [-0.2, 0) is 0 Å². The molecule has 2 N–H and O–H groups in total. The minimum atomic E-state index is -0.226. The zero-order valence-electron chi connectivity index (χ0n) is 12.1. The Bertz CT molecular complexity index is 672. The van der Waals surface area contributed by atoms with Gasteiger partial charge in [0.15, 0.2) is 0 Å². The largest absolute Gasteiger partial charge is 0.497 e. The van der Waals surface area contributed by atoms with Crippen molar-refractivity contribution in [3.63, 3.8) is 0 Å². The van der Waals surface area contributed by atoms with E-state index in [0.717, 1.165) is 22.6 Å². The Morgan fingerprint density at radius 2 is 2.05 bits per heavy atom. The van der Waals surface area contributed by atoms with Gasteiger partial charge in [-0.05, 0) is 42.3 Å². The highest BCUT2D eigenvalue weighted by atomic mass is 19.1. The van der Waals surface area contributed by atoms with E-state index in [-0.39, 0.29) is 18.0 Å². The summed E-state index contributed by atoms with van der Waals surface area (Å²) in [5.74, 6) is 1.28. The first-order valence-corrected chi connectivity index (χ1v) is 6.94. The molecule has 4 heteroatoms. The lowest BCUT2D eigenvalue weighted by molar-refractivity contribution is 0.161. The first-order valence-electron chi connectivity index (χ1n) is 6.94. The summed E-state index contributed by atoms with van der Waals surface area (Å²) >= 11 is 0. The topological polar surface area (TPSA) is 44.5 Å². The Kier molecular flexibility index (Phi) is 3.55. The summed E-state index contributed by atoms with van der Waals surface area (Å²) in [5, 5.41) is 0. The summed E-state index contributed by atoms with van der Waals surface area (Å²) in [5.41, 5.74) is 8.61. The minimum absolute atomic E-state index is 0.154. The fourth-order valence-electron chi connectivity index (χ4n) is 2.62. The Morgan fingerprint density at radius 3 is 2.76 bits per heavy atom. The molecule has 2 unspecified atom stereocenters. The molecule has 3 rings (SSSR count).